The molecule has 0 amide bonds. The van der Waals surface area contributed by atoms with Crippen molar-refractivity contribution in [3.05, 3.63) is 199 Å². The second-order valence-electron chi connectivity index (χ2n) is 19.8. The molecule has 3 nitrogen and oxygen atoms in total. The van der Waals surface area contributed by atoms with Crippen LogP contribution in [0.25, 0.3) is 66.1 Å². The maximum absolute atomic E-state index is 6.80. The highest BCUT2D eigenvalue weighted by Crippen LogP contribution is 2.52. The highest BCUT2D eigenvalue weighted by molar-refractivity contribution is 6.94. The first-order chi connectivity index (χ1) is 31.0. The number of anilines is 5. The van der Waals surface area contributed by atoms with Crippen LogP contribution in [0.4, 0.5) is 28.4 Å². The number of para-hydroxylation sites is 1. The Morgan fingerprint density at radius 3 is 1.80 bits per heavy atom. The Bertz CT molecular complexity index is 3460. The van der Waals surface area contributed by atoms with E-state index >= 15 is 0 Å². The molecule has 308 valence electrons. The lowest BCUT2D eigenvalue weighted by Gasteiger charge is -2.46. The molecule has 1 aromatic heterocycles. The SMILES string of the molecule is CC(C)(C)c1ccc(N2B3c4cc5oc6ccccc6c5cc4N(c4ccc(C(C)(C)C)cc4-c4ccccc4)c4cc5ccccc5c(c43)-c3cc(-c4ccccc4)ccc32)cc1. The highest BCUT2D eigenvalue weighted by atomic mass is 16.3. The van der Waals surface area contributed by atoms with Crippen LogP contribution in [0.15, 0.2) is 192 Å². The molecule has 10 aromatic rings. The Morgan fingerprint density at radius 1 is 0.422 bits per heavy atom. The zero-order valence-electron chi connectivity index (χ0n) is 37.3. The van der Waals surface area contributed by atoms with Crippen molar-refractivity contribution in [2.24, 2.45) is 0 Å². The standard InChI is InChI=1S/C60H49BN2O/c1-59(2,3)42-26-29-44(30-27-42)63-52-31-25-40(38-17-9-7-10-18-38)33-49(52)57-45-22-14-13-21-41(45)34-54-58(57)61(63)50-37-56-48(46-23-15-16-24-55(46)64-56)36-53(50)62(54)51-32-28-43(60(4,5)6)35-47(51)39-19-11-8-12-20-39/h7-37H,1-6H3. The summed E-state index contributed by atoms with van der Waals surface area (Å²) in [7, 11) is 0. The van der Waals surface area contributed by atoms with Crippen molar-refractivity contribution in [2.45, 2.75) is 52.4 Å². The van der Waals surface area contributed by atoms with Gasteiger partial charge in [-0.15, -0.1) is 0 Å². The molecule has 0 bridgehead atoms. The van der Waals surface area contributed by atoms with Gasteiger partial charge in [0.1, 0.15) is 11.2 Å². The molecular formula is C60H49BN2O. The van der Waals surface area contributed by atoms with Gasteiger partial charge in [0.2, 0.25) is 0 Å². The second kappa shape index (κ2) is 14.1. The number of nitrogens with zero attached hydrogens (tertiary/aromatic N) is 2. The van der Waals surface area contributed by atoms with Crippen molar-refractivity contribution in [3.63, 3.8) is 0 Å². The van der Waals surface area contributed by atoms with Crippen LogP contribution in [-0.4, -0.2) is 6.85 Å². The average molecular weight is 825 g/mol. The number of rotatable bonds is 4. The number of benzene rings is 9. The summed E-state index contributed by atoms with van der Waals surface area (Å²) in [5.41, 5.74) is 20.0. The average Bonchev–Trinajstić information content (AvgIpc) is 3.68. The summed E-state index contributed by atoms with van der Waals surface area (Å²) in [6, 6.07) is 70.0. The molecule has 0 atom stereocenters. The van der Waals surface area contributed by atoms with Crippen LogP contribution in [-0.2, 0) is 10.8 Å². The molecule has 0 spiro atoms. The molecule has 0 unspecified atom stereocenters. The summed E-state index contributed by atoms with van der Waals surface area (Å²) in [5.74, 6) is 0. The molecule has 2 aliphatic heterocycles. The van der Waals surface area contributed by atoms with E-state index < -0.39 is 0 Å². The highest BCUT2D eigenvalue weighted by Gasteiger charge is 2.46. The van der Waals surface area contributed by atoms with E-state index in [9.17, 15) is 0 Å². The predicted molar refractivity (Wildman–Crippen MR) is 273 cm³/mol. The van der Waals surface area contributed by atoms with Crippen LogP contribution >= 0.6 is 0 Å². The maximum Gasteiger partial charge on any atom is 0.333 e. The van der Waals surface area contributed by atoms with E-state index in [1.165, 1.54) is 77.6 Å². The third-order valence-corrected chi connectivity index (χ3v) is 13.7. The van der Waals surface area contributed by atoms with E-state index in [0.717, 1.165) is 39.0 Å². The molecule has 0 saturated carbocycles. The van der Waals surface area contributed by atoms with E-state index in [1.54, 1.807) is 0 Å². The minimum absolute atomic E-state index is 0.0193. The minimum atomic E-state index is -0.178. The van der Waals surface area contributed by atoms with Crippen molar-refractivity contribution < 1.29 is 4.42 Å². The monoisotopic (exact) mass is 824 g/mol. The van der Waals surface area contributed by atoms with Gasteiger partial charge >= 0.3 is 6.85 Å². The summed E-state index contributed by atoms with van der Waals surface area (Å²) in [4.78, 5) is 5.20. The third kappa shape index (κ3) is 5.96. The molecule has 0 aliphatic carbocycles. The zero-order valence-corrected chi connectivity index (χ0v) is 37.3. The summed E-state index contributed by atoms with van der Waals surface area (Å²) in [6.07, 6.45) is 0. The first kappa shape index (κ1) is 38.4. The molecule has 0 saturated heterocycles. The molecule has 9 aromatic carbocycles. The Labute approximate surface area is 376 Å². The largest absolute Gasteiger partial charge is 0.456 e. The fourth-order valence-electron chi connectivity index (χ4n) is 10.5. The van der Waals surface area contributed by atoms with Crippen LogP contribution in [0.5, 0.6) is 0 Å². The van der Waals surface area contributed by atoms with Crippen molar-refractivity contribution in [1.82, 2.24) is 0 Å². The third-order valence-electron chi connectivity index (χ3n) is 13.7. The summed E-state index contributed by atoms with van der Waals surface area (Å²) in [6.45, 7) is 13.6. The van der Waals surface area contributed by atoms with Crippen molar-refractivity contribution in [3.8, 4) is 33.4 Å². The van der Waals surface area contributed by atoms with Crippen LogP contribution in [0.2, 0.25) is 0 Å². The fraction of sp³-hybridized carbons (Fsp3) is 0.133. The van der Waals surface area contributed by atoms with Crippen molar-refractivity contribution >= 4 is 78.9 Å². The molecule has 4 heteroatoms. The number of hydrogen-bond acceptors (Lipinski definition) is 3. The van der Waals surface area contributed by atoms with E-state index in [1.807, 2.05) is 0 Å². The van der Waals surface area contributed by atoms with E-state index in [-0.39, 0.29) is 17.7 Å². The second-order valence-corrected chi connectivity index (χ2v) is 19.8. The Hall–Kier alpha value is -7.30. The van der Waals surface area contributed by atoms with E-state index in [4.69, 9.17) is 4.42 Å². The van der Waals surface area contributed by atoms with Crippen LogP contribution in [0, 0.1) is 0 Å². The quantitative estimate of drug-likeness (QED) is 0.165. The van der Waals surface area contributed by atoms with Crippen molar-refractivity contribution in [1.29, 1.82) is 0 Å². The first-order valence-electron chi connectivity index (χ1n) is 22.6. The first-order valence-corrected chi connectivity index (χ1v) is 22.6. The van der Waals surface area contributed by atoms with E-state index in [2.05, 4.69) is 239 Å². The van der Waals surface area contributed by atoms with Gasteiger partial charge in [0.05, 0.1) is 5.69 Å². The van der Waals surface area contributed by atoms with Gasteiger partial charge in [0.15, 0.2) is 0 Å². The van der Waals surface area contributed by atoms with Crippen LogP contribution < -0.4 is 20.6 Å². The molecule has 0 N–H and O–H groups in total. The lowest BCUT2D eigenvalue weighted by atomic mass is 9.43. The lowest BCUT2D eigenvalue weighted by molar-refractivity contribution is 0.590. The van der Waals surface area contributed by atoms with Gasteiger partial charge in [-0.25, -0.2) is 0 Å². The van der Waals surface area contributed by atoms with Gasteiger partial charge < -0.3 is 14.1 Å². The predicted octanol–water partition coefficient (Wildman–Crippen LogP) is 15.4. The van der Waals surface area contributed by atoms with E-state index in [0.29, 0.717) is 0 Å². The number of hydrogen-bond donors (Lipinski definition) is 0. The molecule has 2 aliphatic rings. The van der Waals surface area contributed by atoms with Crippen LogP contribution in [0.3, 0.4) is 0 Å². The summed E-state index contributed by atoms with van der Waals surface area (Å²) >= 11 is 0. The zero-order chi connectivity index (χ0) is 43.5. The normalized spacial score (nSPS) is 13.4. The van der Waals surface area contributed by atoms with Crippen LogP contribution in [0.1, 0.15) is 52.7 Å². The molecule has 64 heavy (non-hydrogen) atoms. The molecule has 12 rings (SSSR count). The number of furan rings is 1. The Balaban J connectivity index is 1.24. The topological polar surface area (TPSA) is 19.6 Å². The lowest BCUT2D eigenvalue weighted by Crippen LogP contribution is -2.61. The number of fused-ring (bicyclic) bond motifs is 9. The summed E-state index contributed by atoms with van der Waals surface area (Å²) < 4.78 is 6.80. The van der Waals surface area contributed by atoms with Gasteiger partial charge in [-0.1, -0.05) is 169 Å². The summed E-state index contributed by atoms with van der Waals surface area (Å²) in [5, 5.41) is 4.69. The maximum atomic E-state index is 6.80. The fourth-order valence-corrected chi connectivity index (χ4v) is 10.5. The molecule has 0 radical (unpaired) electrons. The van der Waals surface area contributed by atoms with Gasteiger partial charge in [-0.05, 0) is 127 Å². The smallest absolute Gasteiger partial charge is 0.333 e. The van der Waals surface area contributed by atoms with Crippen molar-refractivity contribution in [2.75, 3.05) is 9.71 Å². The molecule has 3 heterocycles. The van der Waals surface area contributed by atoms with Gasteiger partial charge in [0.25, 0.3) is 0 Å². The molecular weight excluding hydrogens is 775 g/mol. The Morgan fingerprint density at radius 2 is 1.06 bits per heavy atom. The Kier molecular flexibility index (Phi) is 8.46. The van der Waals surface area contributed by atoms with Gasteiger partial charge in [0, 0.05) is 44.6 Å². The van der Waals surface area contributed by atoms with Gasteiger partial charge in [-0.2, -0.15) is 0 Å². The minimum Gasteiger partial charge on any atom is -0.456 e. The molecule has 0 fully saturated rings. The van der Waals surface area contributed by atoms with Gasteiger partial charge in [-0.3, -0.25) is 0 Å².